The number of fused-ring (bicyclic) bond motifs is 1. The topological polar surface area (TPSA) is 60.2 Å². The average Bonchev–Trinajstić information content (AvgIpc) is 2.89. The monoisotopic (exact) mass is 285 g/mol. The third-order valence-electron chi connectivity index (χ3n) is 2.79. The Labute approximate surface area is 121 Å². The molecule has 2 aromatic carbocycles. The normalized spacial score (nSPS) is 10.7. The van der Waals surface area contributed by atoms with Crippen LogP contribution in [0.25, 0.3) is 10.2 Å². The van der Waals surface area contributed by atoms with Gasteiger partial charge in [0, 0.05) is 12.2 Å². The highest BCUT2D eigenvalue weighted by Crippen LogP contribution is 2.28. The molecule has 0 bridgehead atoms. The van der Waals surface area contributed by atoms with Gasteiger partial charge < -0.3 is 15.8 Å². The van der Waals surface area contributed by atoms with Crippen LogP contribution in [0.4, 0.5) is 10.8 Å². The van der Waals surface area contributed by atoms with Crippen LogP contribution in [-0.4, -0.2) is 18.1 Å². The number of benzene rings is 2. The lowest BCUT2D eigenvalue weighted by Crippen LogP contribution is -2.10. The zero-order valence-electron chi connectivity index (χ0n) is 10.9. The van der Waals surface area contributed by atoms with Crippen LogP contribution in [0.2, 0.25) is 0 Å². The molecule has 0 spiro atoms. The van der Waals surface area contributed by atoms with Crippen LogP contribution >= 0.6 is 11.3 Å². The van der Waals surface area contributed by atoms with Gasteiger partial charge in [0.25, 0.3) is 0 Å². The predicted molar refractivity (Wildman–Crippen MR) is 83.9 cm³/mol. The maximum atomic E-state index is 5.44. The Kier molecular flexibility index (Phi) is 3.80. The molecule has 0 aliphatic carbocycles. The van der Waals surface area contributed by atoms with E-state index >= 15 is 0 Å². The van der Waals surface area contributed by atoms with Crippen LogP contribution in [0.15, 0.2) is 48.5 Å². The molecule has 1 heterocycles. The summed E-state index contributed by atoms with van der Waals surface area (Å²) in [6.07, 6.45) is 0. The molecule has 102 valence electrons. The van der Waals surface area contributed by atoms with Crippen LogP contribution in [0, 0.1) is 0 Å². The number of anilines is 2. The molecule has 20 heavy (non-hydrogen) atoms. The fourth-order valence-electron chi connectivity index (χ4n) is 1.86. The van der Waals surface area contributed by atoms with Crippen molar-refractivity contribution in [2.24, 2.45) is 5.73 Å². The van der Waals surface area contributed by atoms with Gasteiger partial charge in [0.2, 0.25) is 0 Å². The van der Waals surface area contributed by atoms with Crippen molar-refractivity contribution in [3.05, 3.63) is 48.5 Å². The van der Waals surface area contributed by atoms with Crippen molar-refractivity contribution < 1.29 is 4.74 Å². The van der Waals surface area contributed by atoms with Crippen molar-refractivity contribution in [2.75, 3.05) is 18.5 Å². The Morgan fingerprint density at radius 1 is 1.10 bits per heavy atom. The van der Waals surface area contributed by atoms with E-state index in [-0.39, 0.29) is 0 Å². The van der Waals surface area contributed by atoms with Gasteiger partial charge in [0.15, 0.2) is 5.13 Å². The van der Waals surface area contributed by atoms with Crippen molar-refractivity contribution in [1.29, 1.82) is 0 Å². The van der Waals surface area contributed by atoms with Crippen LogP contribution in [0.5, 0.6) is 5.75 Å². The lowest BCUT2D eigenvalue weighted by molar-refractivity contribution is 0.328. The second kappa shape index (κ2) is 5.90. The molecule has 3 rings (SSSR count). The van der Waals surface area contributed by atoms with Gasteiger partial charge >= 0.3 is 0 Å². The Morgan fingerprint density at radius 2 is 1.90 bits per heavy atom. The molecule has 0 saturated heterocycles. The van der Waals surface area contributed by atoms with Crippen molar-refractivity contribution in [2.45, 2.75) is 0 Å². The first-order valence-corrected chi connectivity index (χ1v) is 7.22. The minimum atomic E-state index is 0.520. The first-order chi connectivity index (χ1) is 9.85. The molecule has 0 aliphatic heterocycles. The van der Waals surface area contributed by atoms with Crippen molar-refractivity contribution in [3.63, 3.8) is 0 Å². The maximum absolute atomic E-state index is 5.44. The van der Waals surface area contributed by atoms with Crippen LogP contribution in [0.3, 0.4) is 0 Å². The van der Waals surface area contributed by atoms with E-state index in [0.717, 1.165) is 22.1 Å². The van der Waals surface area contributed by atoms with E-state index in [1.807, 2.05) is 42.5 Å². The van der Waals surface area contributed by atoms with Crippen LogP contribution in [0.1, 0.15) is 0 Å². The number of hydrogen-bond donors (Lipinski definition) is 2. The average molecular weight is 285 g/mol. The van der Waals surface area contributed by atoms with E-state index in [0.29, 0.717) is 13.2 Å². The van der Waals surface area contributed by atoms with Crippen molar-refractivity contribution in [3.8, 4) is 5.75 Å². The van der Waals surface area contributed by atoms with Gasteiger partial charge in [-0.15, -0.1) is 0 Å². The predicted octanol–water partition coefficient (Wildman–Crippen LogP) is 3.38. The van der Waals surface area contributed by atoms with Crippen molar-refractivity contribution >= 4 is 32.4 Å². The summed E-state index contributed by atoms with van der Waals surface area (Å²) in [4.78, 5) is 4.54. The number of hydrogen-bond acceptors (Lipinski definition) is 5. The molecule has 0 radical (unpaired) electrons. The third-order valence-corrected chi connectivity index (χ3v) is 3.74. The molecule has 3 aromatic rings. The number of ether oxygens (including phenoxy) is 1. The number of nitrogens with zero attached hydrogens (tertiary/aromatic N) is 1. The lowest BCUT2D eigenvalue weighted by Gasteiger charge is -2.06. The summed E-state index contributed by atoms with van der Waals surface area (Å²) in [5, 5.41) is 4.19. The number of nitrogens with two attached hydrogens (primary N) is 1. The molecule has 5 heteroatoms. The number of aromatic nitrogens is 1. The van der Waals surface area contributed by atoms with E-state index in [2.05, 4.69) is 16.4 Å². The van der Waals surface area contributed by atoms with E-state index in [1.54, 1.807) is 11.3 Å². The van der Waals surface area contributed by atoms with Gasteiger partial charge in [-0.1, -0.05) is 23.5 Å². The zero-order valence-corrected chi connectivity index (χ0v) is 11.7. The Hall–Kier alpha value is -2.11. The van der Waals surface area contributed by atoms with Gasteiger partial charge in [0.1, 0.15) is 12.4 Å². The lowest BCUT2D eigenvalue weighted by atomic mass is 10.3. The van der Waals surface area contributed by atoms with E-state index < -0.39 is 0 Å². The van der Waals surface area contributed by atoms with Gasteiger partial charge in [0.05, 0.1) is 10.2 Å². The summed E-state index contributed by atoms with van der Waals surface area (Å²) in [6, 6.07) is 15.9. The minimum Gasteiger partial charge on any atom is -0.492 e. The molecular weight excluding hydrogens is 270 g/mol. The molecule has 1 aromatic heterocycles. The molecule has 0 atom stereocenters. The number of para-hydroxylation sites is 1. The smallest absolute Gasteiger partial charge is 0.188 e. The second-order valence-electron chi connectivity index (χ2n) is 4.27. The summed E-state index contributed by atoms with van der Waals surface area (Å²) < 4.78 is 6.62. The van der Waals surface area contributed by atoms with Crippen LogP contribution < -0.4 is 15.8 Å². The molecule has 0 amide bonds. The fraction of sp³-hybridized carbons (Fsp3) is 0.133. The van der Waals surface area contributed by atoms with Gasteiger partial charge in [-0.3, -0.25) is 0 Å². The standard InChI is InChI=1S/C15H15N3OS/c16-9-10-19-12-7-5-11(6-8-12)17-15-18-13-3-1-2-4-14(13)20-15/h1-8H,9-10,16H2,(H,17,18). The summed E-state index contributed by atoms with van der Waals surface area (Å²) in [5.41, 5.74) is 7.41. The quantitative estimate of drug-likeness (QED) is 0.754. The largest absolute Gasteiger partial charge is 0.492 e. The molecule has 0 aliphatic rings. The van der Waals surface area contributed by atoms with E-state index in [4.69, 9.17) is 10.5 Å². The third kappa shape index (κ3) is 2.89. The van der Waals surface area contributed by atoms with Gasteiger partial charge in [-0.05, 0) is 36.4 Å². The molecule has 0 fully saturated rings. The highest BCUT2D eigenvalue weighted by Gasteiger charge is 2.03. The Bertz CT molecular complexity index is 661. The highest BCUT2D eigenvalue weighted by atomic mass is 32.1. The minimum absolute atomic E-state index is 0.520. The van der Waals surface area contributed by atoms with Crippen LogP contribution in [-0.2, 0) is 0 Å². The van der Waals surface area contributed by atoms with Gasteiger partial charge in [-0.2, -0.15) is 0 Å². The number of thiazole rings is 1. The highest BCUT2D eigenvalue weighted by molar-refractivity contribution is 7.22. The number of nitrogens with one attached hydrogen (secondary N) is 1. The summed E-state index contributed by atoms with van der Waals surface area (Å²) in [5.74, 6) is 0.824. The van der Waals surface area contributed by atoms with Gasteiger partial charge in [-0.25, -0.2) is 4.98 Å². The van der Waals surface area contributed by atoms with Crippen molar-refractivity contribution in [1.82, 2.24) is 4.98 Å². The zero-order chi connectivity index (χ0) is 13.8. The summed E-state index contributed by atoms with van der Waals surface area (Å²) in [7, 11) is 0. The van der Waals surface area contributed by atoms with E-state index in [9.17, 15) is 0 Å². The molecule has 3 N–H and O–H groups in total. The molecule has 0 unspecified atom stereocenters. The summed E-state index contributed by atoms with van der Waals surface area (Å²) in [6.45, 7) is 1.05. The Balaban J connectivity index is 1.73. The van der Waals surface area contributed by atoms with E-state index in [1.165, 1.54) is 4.70 Å². The SMILES string of the molecule is NCCOc1ccc(Nc2nc3ccccc3s2)cc1. The Morgan fingerprint density at radius 3 is 2.65 bits per heavy atom. The molecular formula is C15H15N3OS. The molecule has 0 saturated carbocycles. The second-order valence-corrected chi connectivity index (χ2v) is 5.30. The first-order valence-electron chi connectivity index (χ1n) is 6.41. The first kappa shape index (κ1) is 12.9. The summed E-state index contributed by atoms with van der Waals surface area (Å²) >= 11 is 1.64. The number of rotatable bonds is 5. The molecule has 4 nitrogen and oxygen atoms in total. The maximum Gasteiger partial charge on any atom is 0.188 e. The fourth-order valence-corrected chi connectivity index (χ4v) is 2.75.